The summed E-state index contributed by atoms with van der Waals surface area (Å²) in [5.74, 6) is 0.00621. The number of carbonyl (C=O) groups is 2. The van der Waals surface area contributed by atoms with Crippen LogP contribution in [0.3, 0.4) is 0 Å². The van der Waals surface area contributed by atoms with Crippen LogP contribution in [-0.2, 0) is 22.4 Å². The summed E-state index contributed by atoms with van der Waals surface area (Å²) in [5.41, 5.74) is 3.01. The van der Waals surface area contributed by atoms with Crippen LogP contribution in [0, 0.1) is 15.3 Å². The maximum atomic E-state index is 12.5. The summed E-state index contributed by atoms with van der Waals surface area (Å²) in [4.78, 5) is 66.4. The number of hydrogen-bond donors (Lipinski definition) is 0. The third kappa shape index (κ3) is 4.85. The van der Waals surface area contributed by atoms with E-state index in [0.29, 0.717) is 44.3 Å². The first-order chi connectivity index (χ1) is 20.3. The molecule has 12 nitrogen and oxygen atoms in total. The van der Waals surface area contributed by atoms with Gasteiger partial charge in [-0.1, -0.05) is 48.5 Å². The number of rotatable bonds is 0. The van der Waals surface area contributed by atoms with Gasteiger partial charge in [-0.2, -0.15) is 0 Å². The first-order valence-corrected chi connectivity index (χ1v) is 12.4. The molecule has 0 aliphatic carbocycles. The largest absolute Gasteiger partial charge is 1.00 e. The summed E-state index contributed by atoms with van der Waals surface area (Å²) >= 11 is 0. The predicted molar refractivity (Wildman–Crippen MR) is 152 cm³/mol. The fraction of sp³-hybridized carbons (Fsp3) is 0. The van der Waals surface area contributed by atoms with Crippen LogP contribution >= 0.6 is 0 Å². The van der Waals surface area contributed by atoms with Crippen molar-refractivity contribution in [3.8, 4) is 11.4 Å². The number of ketones is 2. The fourth-order valence-corrected chi connectivity index (χ4v) is 4.98. The molecule has 0 fully saturated rings. The van der Waals surface area contributed by atoms with Crippen molar-refractivity contribution in [3.05, 3.63) is 156 Å². The first-order valence-electron chi connectivity index (χ1n) is 12.4. The summed E-state index contributed by atoms with van der Waals surface area (Å²) in [6.07, 6.45) is 0. The molecule has 4 heterocycles. The zero-order chi connectivity index (χ0) is 29.5. The minimum absolute atomic E-state index is 0. The van der Waals surface area contributed by atoms with Crippen LogP contribution in [0.15, 0.2) is 107 Å². The van der Waals surface area contributed by atoms with Gasteiger partial charge >= 0.3 is 22.4 Å². The Morgan fingerprint density at radius 1 is 0.535 bits per heavy atom. The maximum absolute atomic E-state index is 12.5. The normalized spacial score (nSPS) is 11.6. The van der Waals surface area contributed by atoms with Gasteiger partial charge in [0.1, 0.15) is 0 Å². The number of benzene rings is 4. The molecule has 2 aliphatic heterocycles. The van der Waals surface area contributed by atoms with E-state index in [-0.39, 0.29) is 56.7 Å². The van der Waals surface area contributed by atoms with Crippen molar-refractivity contribution < 1.29 is 37.1 Å². The van der Waals surface area contributed by atoms with E-state index in [1.165, 1.54) is 9.13 Å². The number of fused-ring (bicyclic) bond motifs is 8. The van der Waals surface area contributed by atoms with Gasteiger partial charge in [0.2, 0.25) is 11.6 Å². The molecule has 0 bridgehead atoms. The zero-order valence-corrected chi connectivity index (χ0v) is 23.1. The maximum Gasteiger partial charge on any atom is 1.00 e. The van der Waals surface area contributed by atoms with Crippen LogP contribution in [0.2, 0.25) is 0 Å². The summed E-state index contributed by atoms with van der Waals surface area (Å²) < 4.78 is 2.81. The Bertz CT molecular complexity index is 2090. The van der Waals surface area contributed by atoms with E-state index in [9.17, 15) is 19.2 Å². The Kier molecular flexibility index (Phi) is 7.66. The van der Waals surface area contributed by atoms with Crippen molar-refractivity contribution in [3.63, 3.8) is 0 Å². The van der Waals surface area contributed by atoms with Gasteiger partial charge in [0, 0.05) is 0 Å². The van der Waals surface area contributed by atoms with E-state index in [4.69, 9.17) is 15.3 Å². The van der Waals surface area contributed by atoms with E-state index in [2.05, 4.69) is 9.97 Å². The minimum Gasteiger partial charge on any atom is -0.356 e. The minimum atomic E-state index is -1.75. The van der Waals surface area contributed by atoms with E-state index >= 15 is 0 Å². The molecule has 0 amide bonds. The molecule has 4 aromatic carbocycles. The predicted octanol–water partition coefficient (Wildman–Crippen LogP) is 3.62. The summed E-state index contributed by atoms with van der Waals surface area (Å²) in [5, 5.41) is 15.8. The van der Waals surface area contributed by atoms with E-state index in [0.717, 1.165) is 0 Å². The van der Waals surface area contributed by atoms with Gasteiger partial charge in [-0.15, -0.1) is 0 Å². The Labute approximate surface area is 256 Å². The Hall–Kier alpha value is -5.56. The van der Waals surface area contributed by atoms with Gasteiger partial charge in [0.25, 0.3) is 11.1 Å². The number of hydrogen-bond acceptors (Lipinski definition) is 9. The number of nitrogens with zero attached hydrogens (tertiary/aromatic N) is 5. The van der Waals surface area contributed by atoms with Crippen LogP contribution < -0.4 is 11.1 Å². The molecular formula is C30H16AgN5O7. The fourth-order valence-electron chi connectivity index (χ4n) is 4.98. The summed E-state index contributed by atoms with van der Waals surface area (Å²) in [6, 6.07) is 28.3. The molecule has 0 radical (unpaired) electrons. The van der Waals surface area contributed by atoms with Crippen LogP contribution in [0.1, 0.15) is 32.4 Å². The van der Waals surface area contributed by atoms with Crippen molar-refractivity contribution in [2.24, 2.45) is 0 Å². The van der Waals surface area contributed by atoms with Gasteiger partial charge in [0.15, 0.2) is 11.6 Å². The van der Waals surface area contributed by atoms with E-state index in [1.54, 1.807) is 84.9 Å². The Morgan fingerprint density at radius 2 is 0.860 bits per heavy atom. The average Bonchev–Trinajstić information content (AvgIpc) is 3.45. The van der Waals surface area contributed by atoms with E-state index < -0.39 is 5.09 Å². The number of para-hydroxylation sites is 4. The molecule has 8 rings (SSSR count). The standard InChI is InChI=1S/2C15H8N2O2.Ag.NO3/c2*18-13-10-6-2-4-8-12(10)17-14(13)16-11-7-3-1-5-9(11)15(17)19;;2-1(3)4/h2*1-8H;;/q;;+1;-1. The molecule has 13 heteroatoms. The molecule has 0 spiro atoms. The smallest absolute Gasteiger partial charge is 0.356 e. The molecule has 0 saturated heterocycles. The van der Waals surface area contributed by atoms with Crippen LogP contribution in [-0.4, -0.2) is 35.8 Å². The summed E-state index contributed by atoms with van der Waals surface area (Å²) in [7, 11) is 0. The Morgan fingerprint density at radius 3 is 1.26 bits per heavy atom. The second-order valence-corrected chi connectivity index (χ2v) is 9.10. The van der Waals surface area contributed by atoms with Crippen LogP contribution in [0.5, 0.6) is 0 Å². The molecule has 0 N–H and O–H groups in total. The second-order valence-electron chi connectivity index (χ2n) is 9.10. The quantitative estimate of drug-likeness (QED) is 0.133. The number of aromatic nitrogens is 4. The molecular weight excluding hydrogens is 650 g/mol. The molecule has 0 unspecified atom stereocenters. The molecule has 43 heavy (non-hydrogen) atoms. The molecule has 0 saturated carbocycles. The van der Waals surface area contributed by atoms with Gasteiger partial charge in [-0.25, -0.2) is 9.97 Å². The van der Waals surface area contributed by atoms with Gasteiger partial charge < -0.3 is 15.3 Å². The second kappa shape index (κ2) is 11.4. The van der Waals surface area contributed by atoms with Crippen molar-refractivity contribution in [2.75, 3.05) is 0 Å². The van der Waals surface area contributed by atoms with Crippen molar-refractivity contribution >= 4 is 33.4 Å². The van der Waals surface area contributed by atoms with Gasteiger partial charge in [-0.05, 0) is 48.5 Å². The third-order valence-corrected chi connectivity index (χ3v) is 6.74. The molecule has 6 aromatic rings. The summed E-state index contributed by atoms with van der Waals surface area (Å²) in [6.45, 7) is 0. The van der Waals surface area contributed by atoms with Crippen LogP contribution in [0.25, 0.3) is 33.2 Å². The topological polar surface area (TPSA) is 170 Å². The van der Waals surface area contributed by atoms with Crippen LogP contribution in [0.4, 0.5) is 0 Å². The van der Waals surface area contributed by atoms with Gasteiger partial charge in [-0.3, -0.25) is 28.3 Å². The molecule has 0 atom stereocenters. The monoisotopic (exact) mass is 665 g/mol. The van der Waals surface area contributed by atoms with Gasteiger partial charge in [0.05, 0.1) is 49.4 Å². The first kappa shape index (κ1) is 29.0. The molecule has 214 valence electrons. The average molecular weight is 666 g/mol. The Balaban J connectivity index is 0.000000150. The molecule has 2 aromatic heterocycles. The van der Waals surface area contributed by atoms with Crippen molar-refractivity contribution in [2.45, 2.75) is 0 Å². The van der Waals surface area contributed by atoms with E-state index in [1.807, 2.05) is 12.1 Å². The SMILES string of the molecule is O=C1c2ccccc2-n2c1nc1ccccc1c2=O.O=C1c2ccccc2-n2c1nc1ccccc1c2=O.O=[N+]([O-])[O-].[Ag+]. The zero-order valence-electron chi connectivity index (χ0n) is 21.6. The number of carbonyl (C=O) groups excluding carboxylic acids is 2. The van der Waals surface area contributed by atoms with Crippen molar-refractivity contribution in [1.82, 2.24) is 19.1 Å². The van der Waals surface area contributed by atoms with Crippen molar-refractivity contribution in [1.29, 1.82) is 0 Å². The third-order valence-electron chi connectivity index (χ3n) is 6.74. The molecule has 2 aliphatic rings.